The molecule has 0 saturated heterocycles. The number of ether oxygens (including phenoxy) is 1. The molecule has 2 aromatic carbocycles. The highest BCUT2D eigenvalue weighted by Gasteiger charge is 2.16. The van der Waals surface area contributed by atoms with Crippen molar-refractivity contribution >= 4 is 45.3 Å². The molecule has 2 aromatic heterocycles. The number of nitrogens with zero attached hydrogens (tertiary/aromatic N) is 2. The van der Waals surface area contributed by atoms with Crippen LogP contribution in [0.15, 0.2) is 75.6 Å². The van der Waals surface area contributed by atoms with Crippen LogP contribution in [0.1, 0.15) is 12.8 Å². The second kappa shape index (κ2) is 10.5. The monoisotopic (exact) mass is 446 g/mol. The van der Waals surface area contributed by atoms with E-state index in [1.807, 2.05) is 54.9 Å². The predicted molar refractivity (Wildman–Crippen MR) is 129 cm³/mol. The van der Waals surface area contributed by atoms with E-state index in [9.17, 15) is 0 Å². The summed E-state index contributed by atoms with van der Waals surface area (Å²) >= 11 is 3.24. The molecule has 156 valence electrons. The summed E-state index contributed by atoms with van der Waals surface area (Å²) in [5, 5.41) is 11.2. The molecule has 0 radical (unpaired) electrons. The predicted octanol–water partition coefficient (Wildman–Crippen LogP) is 5.81. The van der Waals surface area contributed by atoms with E-state index in [4.69, 9.17) is 16.3 Å². The normalized spacial score (nSPS) is 11.0. The zero-order valence-electron chi connectivity index (χ0n) is 17.0. The van der Waals surface area contributed by atoms with Crippen molar-refractivity contribution < 1.29 is 9.84 Å². The lowest BCUT2D eigenvalue weighted by atomic mass is 10.2. The summed E-state index contributed by atoms with van der Waals surface area (Å²) < 4.78 is 6.23. The van der Waals surface area contributed by atoms with E-state index in [0.29, 0.717) is 18.8 Å². The molecule has 0 fully saturated rings. The number of aliphatic hydroxyl groups excluding tert-OH is 1. The molecule has 31 heavy (non-hydrogen) atoms. The minimum atomic E-state index is 0.167. The largest absolute Gasteiger partial charge is 0.492 e. The van der Waals surface area contributed by atoms with Crippen molar-refractivity contribution in [3.05, 3.63) is 60.9 Å². The average Bonchev–Trinajstić information content (AvgIpc) is 2.82. The summed E-state index contributed by atoms with van der Waals surface area (Å²) in [6, 6.07) is 16.1. The van der Waals surface area contributed by atoms with Crippen LogP contribution in [0, 0.1) is 12.3 Å². The molecule has 0 aliphatic rings. The maximum Gasteiger partial charge on any atom is 0.144 e. The summed E-state index contributed by atoms with van der Waals surface area (Å²) in [5.41, 5.74) is 1.83. The summed E-state index contributed by atoms with van der Waals surface area (Å²) in [5.74, 6) is 4.10. The zero-order chi connectivity index (χ0) is 21.5. The second-order valence-electron chi connectivity index (χ2n) is 6.81. The van der Waals surface area contributed by atoms with Gasteiger partial charge in [-0.1, -0.05) is 48.0 Å². The first-order valence-electron chi connectivity index (χ1n) is 10.0. The molecule has 1 N–H and O–H groups in total. The highest BCUT2D eigenvalue weighted by molar-refractivity contribution is 8.02. The fourth-order valence-corrected chi connectivity index (χ4v) is 5.17. The second-order valence-corrected chi connectivity index (χ2v) is 8.88. The van der Waals surface area contributed by atoms with Gasteiger partial charge in [-0.15, -0.1) is 18.2 Å². The Labute approximate surface area is 190 Å². The Hall–Kier alpha value is -2.72. The maximum atomic E-state index is 9.09. The Balaban J connectivity index is 1.79. The van der Waals surface area contributed by atoms with Crippen molar-refractivity contribution in [2.75, 3.05) is 19.0 Å². The Morgan fingerprint density at radius 3 is 2.32 bits per heavy atom. The minimum absolute atomic E-state index is 0.167. The van der Waals surface area contributed by atoms with Gasteiger partial charge in [-0.05, 0) is 31.0 Å². The smallest absolute Gasteiger partial charge is 0.144 e. The molecular weight excluding hydrogens is 424 g/mol. The van der Waals surface area contributed by atoms with Gasteiger partial charge in [0.1, 0.15) is 5.75 Å². The summed E-state index contributed by atoms with van der Waals surface area (Å²) in [7, 11) is 0. The maximum absolute atomic E-state index is 9.09. The SMILES string of the molecule is C#CCSc1cnc2ccccc2c1Sc1cnc2ccccc2c1OCCCCO. The molecule has 0 aliphatic carbocycles. The van der Waals surface area contributed by atoms with Gasteiger partial charge in [-0.25, -0.2) is 0 Å². The van der Waals surface area contributed by atoms with Crippen molar-refractivity contribution in [1.82, 2.24) is 9.97 Å². The van der Waals surface area contributed by atoms with Gasteiger partial charge in [0.15, 0.2) is 0 Å². The molecule has 4 aromatic rings. The minimum Gasteiger partial charge on any atom is -0.492 e. The molecule has 4 rings (SSSR count). The van der Waals surface area contributed by atoms with E-state index in [0.717, 1.165) is 48.7 Å². The average molecular weight is 447 g/mol. The summed E-state index contributed by atoms with van der Waals surface area (Å²) in [6.07, 6.45) is 10.8. The van der Waals surface area contributed by atoms with Gasteiger partial charge in [-0.2, -0.15) is 0 Å². The van der Waals surface area contributed by atoms with E-state index >= 15 is 0 Å². The number of hydrogen-bond donors (Lipinski definition) is 1. The van der Waals surface area contributed by atoms with E-state index in [1.165, 1.54) is 0 Å². The molecule has 4 nitrogen and oxygen atoms in total. The Bertz CT molecular complexity index is 1240. The zero-order valence-corrected chi connectivity index (χ0v) is 18.6. The lowest BCUT2D eigenvalue weighted by Crippen LogP contribution is -2.01. The topological polar surface area (TPSA) is 55.2 Å². The van der Waals surface area contributed by atoms with Crippen LogP contribution in [0.25, 0.3) is 21.8 Å². The lowest BCUT2D eigenvalue weighted by Gasteiger charge is -2.16. The molecule has 0 bridgehead atoms. The number of rotatable bonds is 9. The van der Waals surface area contributed by atoms with Crippen molar-refractivity contribution in [1.29, 1.82) is 0 Å². The Morgan fingerprint density at radius 1 is 0.903 bits per heavy atom. The molecule has 0 spiro atoms. The molecule has 2 heterocycles. The molecule has 0 saturated carbocycles. The first-order chi connectivity index (χ1) is 15.3. The third-order valence-corrected chi connectivity index (χ3v) is 6.92. The van der Waals surface area contributed by atoms with E-state index in [-0.39, 0.29) is 6.61 Å². The summed E-state index contributed by atoms with van der Waals surface area (Å²) in [4.78, 5) is 12.4. The van der Waals surface area contributed by atoms with Gasteiger partial charge < -0.3 is 9.84 Å². The van der Waals surface area contributed by atoms with Crippen LogP contribution in [0.3, 0.4) is 0 Å². The number of fused-ring (bicyclic) bond motifs is 2. The first kappa shape index (κ1) is 21.5. The van der Waals surface area contributed by atoms with Crippen LogP contribution < -0.4 is 4.74 Å². The molecule has 0 aliphatic heterocycles. The van der Waals surface area contributed by atoms with Crippen molar-refractivity contribution in [3.8, 4) is 18.1 Å². The van der Waals surface area contributed by atoms with Crippen molar-refractivity contribution in [2.45, 2.75) is 27.5 Å². The van der Waals surface area contributed by atoms with E-state index in [2.05, 4.69) is 22.0 Å². The first-order valence-corrected chi connectivity index (χ1v) is 11.9. The van der Waals surface area contributed by atoms with E-state index < -0.39 is 0 Å². The number of terminal acetylenes is 1. The van der Waals surface area contributed by atoms with Crippen LogP contribution in [-0.2, 0) is 0 Å². The van der Waals surface area contributed by atoms with Crippen LogP contribution >= 0.6 is 23.5 Å². The standard InChI is InChI=1S/C25H22N2O2S2/c1-2-15-30-23-17-27-21-12-6-4-10-19(21)25(23)31-22-16-26-20-11-5-3-9-18(20)24(22)29-14-8-7-13-28/h1,3-6,9-12,16-17,28H,7-8,13-15H2. The van der Waals surface area contributed by atoms with Crippen LogP contribution in [0.5, 0.6) is 5.75 Å². The van der Waals surface area contributed by atoms with Gasteiger partial charge in [0.05, 0.1) is 28.3 Å². The Kier molecular flexibility index (Phi) is 7.31. The van der Waals surface area contributed by atoms with Crippen LogP contribution in [-0.4, -0.2) is 34.0 Å². The van der Waals surface area contributed by atoms with Crippen molar-refractivity contribution in [2.24, 2.45) is 0 Å². The number of thioether (sulfide) groups is 1. The third kappa shape index (κ3) is 4.96. The summed E-state index contributed by atoms with van der Waals surface area (Å²) in [6.45, 7) is 0.707. The quantitative estimate of drug-likeness (QED) is 0.199. The number of pyridine rings is 2. The Morgan fingerprint density at radius 2 is 1.58 bits per heavy atom. The fourth-order valence-electron chi connectivity index (χ4n) is 3.24. The van der Waals surface area contributed by atoms with Gasteiger partial charge in [0.25, 0.3) is 0 Å². The number of hydrogen-bond acceptors (Lipinski definition) is 6. The molecule has 6 heteroatoms. The molecular formula is C25H22N2O2S2. The van der Waals surface area contributed by atoms with Gasteiger partial charge in [0.2, 0.25) is 0 Å². The lowest BCUT2D eigenvalue weighted by molar-refractivity contribution is 0.252. The van der Waals surface area contributed by atoms with Crippen molar-refractivity contribution in [3.63, 3.8) is 0 Å². The van der Waals surface area contributed by atoms with Gasteiger partial charge in [-0.3, -0.25) is 9.97 Å². The third-order valence-electron chi connectivity index (χ3n) is 4.71. The van der Waals surface area contributed by atoms with Crippen LogP contribution in [0.4, 0.5) is 0 Å². The number of aromatic nitrogens is 2. The van der Waals surface area contributed by atoms with Crippen LogP contribution in [0.2, 0.25) is 0 Å². The van der Waals surface area contributed by atoms with Gasteiger partial charge in [0, 0.05) is 39.6 Å². The van der Waals surface area contributed by atoms with Gasteiger partial charge >= 0.3 is 0 Å². The number of benzene rings is 2. The van der Waals surface area contributed by atoms with E-state index in [1.54, 1.807) is 23.5 Å². The highest BCUT2D eigenvalue weighted by Crippen LogP contribution is 2.44. The molecule has 0 unspecified atom stereocenters. The number of aliphatic hydroxyl groups is 1. The fraction of sp³-hybridized carbons (Fsp3) is 0.200. The molecule has 0 atom stereocenters. The highest BCUT2D eigenvalue weighted by atomic mass is 32.2. The number of para-hydroxylation sites is 2. The molecule has 0 amide bonds. The number of unbranched alkanes of at least 4 members (excludes halogenated alkanes) is 1.